The molecule has 0 unspecified atom stereocenters. The van der Waals surface area contributed by atoms with Crippen LogP contribution in [0, 0.1) is 0 Å². The molecule has 2 amide bonds. The molecule has 2 N–H and O–H groups in total. The van der Waals surface area contributed by atoms with Gasteiger partial charge in [0.15, 0.2) is 0 Å². The molecule has 5 nitrogen and oxygen atoms in total. The highest BCUT2D eigenvalue weighted by molar-refractivity contribution is 5.88. The molecule has 1 heterocycles. The van der Waals surface area contributed by atoms with Crippen molar-refractivity contribution < 1.29 is 14.3 Å². The summed E-state index contributed by atoms with van der Waals surface area (Å²) in [5, 5.41) is 5.94. The third-order valence-corrected chi connectivity index (χ3v) is 4.83. The summed E-state index contributed by atoms with van der Waals surface area (Å²) >= 11 is 0. The lowest BCUT2D eigenvalue weighted by atomic mass is 10.0. The first-order valence-corrected chi connectivity index (χ1v) is 9.46. The van der Waals surface area contributed by atoms with Gasteiger partial charge < -0.3 is 15.4 Å². The zero-order valence-electron chi connectivity index (χ0n) is 14.7. The Bertz CT molecular complexity index is 566. The average Bonchev–Trinajstić information content (AvgIpc) is 3.45. The van der Waals surface area contributed by atoms with E-state index in [1.165, 1.54) is 6.42 Å². The van der Waals surface area contributed by atoms with Crippen molar-refractivity contribution in [1.29, 1.82) is 0 Å². The van der Waals surface area contributed by atoms with Crippen LogP contribution in [0.5, 0.6) is 0 Å². The van der Waals surface area contributed by atoms with Gasteiger partial charge in [0.2, 0.25) is 11.8 Å². The van der Waals surface area contributed by atoms with Crippen LogP contribution in [0.25, 0.3) is 0 Å². The summed E-state index contributed by atoms with van der Waals surface area (Å²) in [4.78, 5) is 24.8. The minimum Gasteiger partial charge on any atom is -0.378 e. The van der Waals surface area contributed by atoms with Gasteiger partial charge in [-0.3, -0.25) is 9.59 Å². The van der Waals surface area contributed by atoms with Gasteiger partial charge in [0.1, 0.15) is 6.04 Å². The van der Waals surface area contributed by atoms with Crippen LogP contribution in [0.2, 0.25) is 0 Å². The summed E-state index contributed by atoms with van der Waals surface area (Å²) in [7, 11) is 0. The highest BCUT2D eigenvalue weighted by Gasteiger charge is 2.28. The summed E-state index contributed by atoms with van der Waals surface area (Å²) in [5.41, 5.74) is 1.05. The summed E-state index contributed by atoms with van der Waals surface area (Å²) in [6.45, 7) is 0.798. The molecule has 1 saturated carbocycles. The smallest absolute Gasteiger partial charge is 0.243 e. The topological polar surface area (TPSA) is 67.4 Å². The fraction of sp³-hybridized carbons (Fsp3) is 0.600. The monoisotopic (exact) mass is 344 g/mol. The molecule has 0 aromatic heterocycles. The number of benzene rings is 1. The molecule has 2 fully saturated rings. The fourth-order valence-corrected chi connectivity index (χ4v) is 3.18. The lowest BCUT2D eigenvalue weighted by molar-refractivity contribution is -0.129. The van der Waals surface area contributed by atoms with Crippen molar-refractivity contribution in [2.24, 2.45) is 0 Å². The van der Waals surface area contributed by atoms with E-state index in [0.717, 1.165) is 44.3 Å². The molecule has 5 heteroatoms. The van der Waals surface area contributed by atoms with Crippen molar-refractivity contribution in [1.82, 2.24) is 10.6 Å². The van der Waals surface area contributed by atoms with E-state index in [4.69, 9.17) is 4.74 Å². The molecule has 0 spiro atoms. The van der Waals surface area contributed by atoms with Gasteiger partial charge in [0.25, 0.3) is 0 Å². The number of ether oxygens (including phenoxy) is 1. The van der Waals surface area contributed by atoms with E-state index in [1.807, 2.05) is 30.3 Å². The van der Waals surface area contributed by atoms with Crippen LogP contribution < -0.4 is 10.6 Å². The van der Waals surface area contributed by atoms with Crippen molar-refractivity contribution >= 4 is 11.8 Å². The molecule has 1 saturated heterocycles. The number of hydrogen-bond acceptors (Lipinski definition) is 3. The van der Waals surface area contributed by atoms with Crippen molar-refractivity contribution in [2.75, 3.05) is 6.61 Å². The average molecular weight is 344 g/mol. The molecule has 2 aliphatic rings. The maximum absolute atomic E-state index is 12.5. The van der Waals surface area contributed by atoms with Crippen LogP contribution in [0.1, 0.15) is 50.5 Å². The molecule has 0 radical (unpaired) electrons. The van der Waals surface area contributed by atoms with E-state index in [2.05, 4.69) is 10.6 Å². The van der Waals surface area contributed by atoms with Gasteiger partial charge in [0.05, 0.1) is 6.10 Å². The van der Waals surface area contributed by atoms with E-state index >= 15 is 0 Å². The van der Waals surface area contributed by atoms with Crippen LogP contribution in [-0.4, -0.2) is 36.6 Å². The van der Waals surface area contributed by atoms with Gasteiger partial charge >= 0.3 is 0 Å². The van der Waals surface area contributed by atoms with Crippen molar-refractivity contribution in [2.45, 2.75) is 69.6 Å². The number of nitrogens with one attached hydrogen (secondary N) is 2. The molecule has 0 bridgehead atoms. The molecular weight excluding hydrogens is 316 g/mol. The number of amides is 2. The third-order valence-electron chi connectivity index (χ3n) is 4.83. The van der Waals surface area contributed by atoms with Gasteiger partial charge in [-0.1, -0.05) is 30.3 Å². The largest absolute Gasteiger partial charge is 0.378 e. The van der Waals surface area contributed by atoms with Crippen LogP contribution in [0.4, 0.5) is 0 Å². The van der Waals surface area contributed by atoms with Crippen molar-refractivity contribution in [3.63, 3.8) is 0 Å². The quantitative estimate of drug-likeness (QED) is 0.761. The minimum atomic E-state index is -0.511. The molecule has 2 atom stereocenters. The highest BCUT2D eigenvalue weighted by atomic mass is 16.5. The Morgan fingerprint density at radius 1 is 1.12 bits per heavy atom. The Labute approximate surface area is 149 Å². The summed E-state index contributed by atoms with van der Waals surface area (Å²) in [6.07, 6.45) is 7.24. The SMILES string of the molecule is O=C(CC[C@@H]1CCCCO1)N[C@@H](Cc1ccccc1)C(=O)NC1CC1. The highest BCUT2D eigenvalue weighted by Crippen LogP contribution is 2.19. The lowest BCUT2D eigenvalue weighted by Crippen LogP contribution is -2.48. The Morgan fingerprint density at radius 3 is 2.60 bits per heavy atom. The van der Waals surface area contributed by atoms with E-state index in [1.54, 1.807) is 0 Å². The molecule has 1 aromatic carbocycles. The predicted octanol–water partition coefficient (Wildman–Crippen LogP) is 2.34. The normalized spacial score (nSPS) is 21.4. The van der Waals surface area contributed by atoms with E-state index in [0.29, 0.717) is 18.9 Å². The van der Waals surface area contributed by atoms with Gasteiger partial charge in [-0.15, -0.1) is 0 Å². The van der Waals surface area contributed by atoms with Gasteiger partial charge in [-0.05, 0) is 44.1 Å². The summed E-state index contributed by atoms with van der Waals surface area (Å²) in [5.74, 6) is -0.144. The van der Waals surface area contributed by atoms with Gasteiger partial charge in [-0.2, -0.15) is 0 Å². The van der Waals surface area contributed by atoms with Crippen LogP contribution >= 0.6 is 0 Å². The van der Waals surface area contributed by atoms with E-state index in [-0.39, 0.29) is 17.9 Å². The zero-order valence-corrected chi connectivity index (χ0v) is 14.7. The molecule has 136 valence electrons. The van der Waals surface area contributed by atoms with E-state index in [9.17, 15) is 9.59 Å². The van der Waals surface area contributed by atoms with Crippen molar-refractivity contribution in [3.8, 4) is 0 Å². The second kappa shape index (κ2) is 8.99. The maximum atomic E-state index is 12.5. The second-order valence-corrected chi connectivity index (χ2v) is 7.12. The minimum absolute atomic E-state index is 0.0685. The van der Waals surface area contributed by atoms with Gasteiger partial charge in [-0.25, -0.2) is 0 Å². The molecule has 1 aliphatic carbocycles. The molecule has 1 aliphatic heterocycles. The Kier molecular flexibility index (Phi) is 6.45. The number of rotatable bonds is 8. The second-order valence-electron chi connectivity index (χ2n) is 7.12. The van der Waals surface area contributed by atoms with Crippen LogP contribution in [-0.2, 0) is 20.7 Å². The van der Waals surface area contributed by atoms with Crippen molar-refractivity contribution in [3.05, 3.63) is 35.9 Å². The Hall–Kier alpha value is -1.88. The lowest BCUT2D eigenvalue weighted by Gasteiger charge is -2.23. The van der Waals surface area contributed by atoms with Crippen LogP contribution in [0.3, 0.4) is 0 Å². The molecular formula is C20H28N2O3. The van der Waals surface area contributed by atoms with Crippen LogP contribution in [0.15, 0.2) is 30.3 Å². The van der Waals surface area contributed by atoms with Gasteiger partial charge in [0, 0.05) is 25.5 Å². The standard InChI is InChI=1S/C20H28N2O3/c23-19(12-11-17-8-4-5-13-25-17)22-18(20(24)21-16-9-10-16)14-15-6-2-1-3-7-15/h1-3,6-7,16-18H,4-5,8-14H2,(H,21,24)(H,22,23)/t17-,18-/m0/s1. The first-order chi connectivity index (χ1) is 12.2. The Balaban J connectivity index is 1.52. The summed E-state index contributed by atoms with van der Waals surface area (Å²) < 4.78 is 5.68. The first-order valence-electron chi connectivity index (χ1n) is 9.46. The number of hydrogen-bond donors (Lipinski definition) is 2. The maximum Gasteiger partial charge on any atom is 0.243 e. The first kappa shape index (κ1) is 17.9. The molecule has 1 aromatic rings. The fourth-order valence-electron chi connectivity index (χ4n) is 3.18. The Morgan fingerprint density at radius 2 is 1.92 bits per heavy atom. The molecule has 25 heavy (non-hydrogen) atoms. The molecule has 3 rings (SSSR count). The zero-order chi connectivity index (χ0) is 17.5. The van der Waals surface area contributed by atoms with E-state index < -0.39 is 6.04 Å². The summed E-state index contributed by atoms with van der Waals surface area (Å²) in [6, 6.07) is 9.60. The number of carbonyl (C=O) groups excluding carboxylic acids is 2. The number of carbonyl (C=O) groups is 2. The predicted molar refractivity (Wildman–Crippen MR) is 96.1 cm³/mol. The third kappa shape index (κ3) is 6.16.